The van der Waals surface area contributed by atoms with Gasteiger partial charge in [-0.25, -0.2) is 0 Å². The van der Waals surface area contributed by atoms with Crippen LogP contribution in [0.15, 0.2) is 54.6 Å². The summed E-state index contributed by atoms with van der Waals surface area (Å²) in [4.78, 5) is 17.5. The van der Waals surface area contributed by atoms with E-state index in [-0.39, 0.29) is 5.91 Å². The molecule has 4 heteroatoms. The molecule has 3 nitrogen and oxygen atoms in total. The fourth-order valence-electron chi connectivity index (χ4n) is 4.75. The molecular weight excluding hydrogens is 368 g/mol. The van der Waals surface area contributed by atoms with E-state index in [0.717, 1.165) is 32.7 Å². The number of carbonyl (C=O) groups is 1. The lowest BCUT2D eigenvalue weighted by molar-refractivity contribution is 0.0780. The van der Waals surface area contributed by atoms with Crippen LogP contribution in [0.2, 0.25) is 5.02 Å². The second kappa shape index (κ2) is 8.67. The third-order valence-electron chi connectivity index (χ3n) is 6.48. The summed E-state index contributed by atoms with van der Waals surface area (Å²) in [6, 6.07) is 18.2. The van der Waals surface area contributed by atoms with Gasteiger partial charge in [-0.3, -0.25) is 4.79 Å². The Hall–Kier alpha value is -1.84. The highest BCUT2D eigenvalue weighted by molar-refractivity contribution is 6.30. The van der Waals surface area contributed by atoms with Gasteiger partial charge in [0.05, 0.1) is 0 Å². The lowest BCUT2D eigenvalue weighted by Crippen LogP contribution is -2.38. The molecule has 28 heavy (non-hydrogen) atoms. The maximum atomic E-state index is 12.8. The van der Waals surface area contributed by atoms with Crippen molar-refractivity contribution < 1.29 is 4.79 Å². The molecule has 148 valence electrons. The predicted octanol–water partition coefficient (Wildman–Crippen LogP) is 4.93. The minimum absolute atomic E-state index is 0.111. The average Bonchev–Trinajstić information content (AvgIpc) is 3.09. The summed E-state index contributed by atoms with van der Waals surface area (Å²) >= 11 is 6.06. The summed E-state index contributed by atoms with van der Waals surface area (Å²) in [5.74, 6) is 1.89. The Morgan fingerprint density at radius 2 is 1.79 bits per heavy atom. The highest BCUT2D eigenvalue weighted by Gasteiger charge is 2.34. The number of piperidine rings is 1. The molecule has 0 spiro atoms. The van der Waals surface area contributed by atoms with Crippen LogP contribution in [0.3, 0.4) is 0 Å². The quantitative estimate of drug-likeness (QED) is 0.731. The largest absolute Gasteiger partial charge is 0.338 e. The van der Waals surface area contributed by atoms with E-state index >= 15 is 0 Å². The van der Waals surface area contributed by atoms with E-state index in [4.69, 9.17) is 11.6 Å². The van der Waals surface area contributed by atoms with Crippen LogP contribution < -0.4 is 0 Å². The van der Waals surface area contributed by atoms with Crippen LogP contribution in [0.1, 0.15) is 41.6 Å². The number of rotatable bonds is 4. The molecule has 0 aromatic heterocycles. The molecule has 2 aliphatic heterocycles. The third kappa shape index (κ3) is 4.42. The van der Waals surface area contributed by atoms with Gasteiger partial charge in [0.1, 0.15) is 0 Å². The molecule has 2 atom stereocenters. The minimum atomic E-state index is 0.111. The second-order valence-electron chi connectivity index (χ2n) is 8.44. The zero-order valence-corrected chi connectivity index (χ0v) is 17.3. The summed E-state index contributed by atoms with van der Waals surface area (Å²) in [6.07, 6.45) is 2.46. The van der Waals surface area contributed by atoms with Crippen LogP contribution in [-0.4, -0.2) is 48.4 Å². The fourth-order valence-corrected chi connectivity index (χ4v) is 4.94. The molecule has 2 aliphatic rings. The molecule has 1 unspecified atom stereocenters. The molecule has 0 bridgehead atoms. The molecule has 1 amide bonds. The van der Waals surface area contributed by atoms with Crippen molar-refractivity contribution in [2.24, 2.45) is 11.8 Å². The lowest BCUT2D eigenvalue weighted by Gasteiger charge is -2.34. The van der Waals surface area contributed by atoms with Gasteiger partial charge in [0.2, 0.25) is 0 Å². The van der Waals surface area contributed by atoms with Gasteiger partial charge >= 0.3 is 0 Å². The molecule has 4 rings (SSSR count). The van der Waals surface area contributed by atoms with Crippen molar-refractivity contribution in [2.75, 3.05) is 32.7 Å². The van der Waals surface area contributed by atoms with E-state index in [1.165, 1.54) is 18.4 Å². The van der Waals surface area contributed by atoms with Gasteiger partial charge in [0.15, 0.2) is 0 Å². The van der Waals surface area contributed by atoms with Gasteiger partial charge in [-0.15, -0.1) is 0 Å². The van der Waals surface area contributed by atoms with Gasteiger partial charge in [0.25, 0.3) is 5.91 Å². The first-order valence-electron chi connectivity index (χ1n) is 10.4. The molecule has 2 heterocycles. The van der Waals surface area contributed by atoms with Gasteiger partial charge in [0, 0.05) is 30.2 Å². The Morgan fingerprint density at radius 3 is 2.50 bits per heavy atom. The molecular formula is C24H29ClN2O. The van der Waals surface area contributed by atoms with E-state index in [9.17, 15) is 4.79 Å². The predicted molar refractivity (Wildman–Crippen MR) is 115 cm³/mol. The van der Waals surface area contributed by atoms with E-state index in [1.54, 1.807) is 6.07 Å². The van der Waals surface area contributed by atoms with Crippen molar-refractivity contribution in [2.45, 2.75) is 25.7 Å². The molecule has 0 aliphatic carbocycles. The zero-order chi connectivity index (χ0) is 19.5. The van der Waals surface area contributed by atoms with E-state index in [1.807, 2.05) is 23.1 Å². The van der Waals surface area contributed by atoms with Gasteiger partial charge in [-0.05, 0) is 67.4 Å². The summed E-state index contributed by atoms with van der Waals surface area (Å²) < 4.78 is 0. The first kappa shape index (κ1) is 19.5. The lowest BCUT2D eigenvalue weighted by atomic mass is 9.88. The maximum Gasteiger partial charge on any atom is 0.253 e. The van der Waals surface area contributed by atoms with Crippen LogP contribution in [0.4, 0.5) is 0 Å². The maximum absolute atomic E-state index is 12.8. The Bertz CT molecular complexity index is 801. The molecule has 2 fully saturated rings. The molecule has 0 N–H and O–H groups in total. The minimum Gasteiger partial charge on any atom is -0.338 e. The van der Waals surface area contributed by atoms with Crippen LogP contribution in [0, 0.1) is 11.8 Å². The van der Waals surface area contributed by atoms with Crippen LogP contribution in [-0.2, 0) is 0 Å². The van der Waals surface area contributed by atoms with Crippen molar-refractivity contribution in [3.63, 3.8) is 0 Å². The van der Waals surface area contributed by atoms with Crippen LogP contribution >= 0.6 is 11.6 Å². The second-order valence-corrected chi connectivity index (χ2v) is 8.88. The first-order valence-corrected chi connectivity index (χ1v) is 10.8. The van der Waals surface area contributed by atoms with Gasteiger partial charge in [-0.1, -0.05) is 54.9 Å². The topological polar surface area (TPSA) is 23.6 Å². The Morgan fingerprint density at radius 1 is 1.04 bits per heavy atom. The number of likely N-dealkylation sites (tertiary alicyclic amines) is 2. The van der Waals surface area contributed by atoms with Crippen LogP contribution in [0.5, 0.6) is 0 Å². The Balaban J connectivity index is 1.31. The van der Waals surface area contributed by atoms with E-state index in [0.29, 0.717) is 28.3 Å². The summed E-state index contributed by atoms with van der Waals surface area (Å²) in [5, 5.41) is 0.621. The number of hydrogen-bond acceptors (Lipinski definition) is 2. The van der Waals surface area contributed by atoms with Crippen molar-refractivity contribution in [1.82, 2.24) is 9.80 Å². The number of halogens is 1. The van der Waals surface area contributed by atoms with Gasteiger partial charge < -0.3 is 9.80 Å². The molecule has 2 saturated heterocycles. The Kier molecular flexibility index (Phi) is 6.03. The van der Waals surface area contributed by atoms with Crippen LogP contribution in [0.25, 0.3) is 0 Å². The number of nitrogens with zero attached hydrogens (tertiary/aromatic N) is 2. The number of carbonyl (C=O) groups excluding carboxylic acids is 1. The SMILES string of the molecule is C[C@H]1CN(C(=O)c2cccc(Cl)c2)CC1CN1CCC(c2ccccc2)CC1. The van der Waals surface area contributed by atoms with Crippen molar-refractivity contribution >= 4 is 17.5 Å². The normalized spacial score (nSPS) is 23.9. The summed E-state index contributed by atoms with van der Waals surface area (Å²) in [5.41, 5.74) is 2.18. The van der Waals surface area contributed by atoms with Crippen molar-refractivity contribution in [1.29, 1.82) is 0 Å². The van der Waals surface area contributed by atoms with Crippen molar-refractivity contribution in [3.8, 4) is 0 Å². The first-order chi connectivity index (χ1) is 13.6. The number of amides is 1. The molecule has 2 aromatic carbocycles. The standard InChI is InChI=1S/C24H29ClN2O/c1-18-15-27(24(28)21-8-5-9-23(25)14-21)17-22(18)16-26-12-10-20(11-13-26)19-6-3-2-4-7-19/h2-9,14,18,20,22H,10-13,15-17H2,1H3/t18-,22?/m0/s1. The highest BCUT2D eigenvalue weighted by Crippen LogP contribution is 2.31. The van der Waals surface area contributed by atoms with Gasteiger partial charge in [-0.2, -0.15) is 0 Å². The smallest absolute Gasteiger partial charge is 0.253 e. The monoisotopic (exact) mass is 396 g/mol. The summed E-state index contributed by atoms with van der Waals surface area (Å²) in [7, 11) is 0. The molecule has 0 radical (unpaired) electrons. The Labute approximate surface area is 173 Å². The van der Waals surface area contributed by atoms with E-state index < -0.39 is 0 Å². The summed E-state index contributed by atoms with van der Waals surface area (Å²) in [6.45, 7) is 7.40. The fraction of sp³-hybridized carbons (Fsp3) is 0.458. The zero-order valence-electron chi connectivity index (χ0n) is 16.6. The average molecular weight is 397 g/mol. The molecule has 2 aromatic rings. The highest BCUT2D eigenvalue weighted by atomic mass is 35.5. The number of benzene rings is 2. The van der Waals surface area contributed by atoms with E-state index in [2.05, 4.69) is 42.2 Å². The molecule has 0 saturated carbocycles. The van der Waals surface area contributed by atoms with Crippen molar-refractivity contribution in [3.05, 3.63) is 70.7 Å². The number of hydrogen-bond donors (Lipinski definition) is 0. The third-order valence-corrected chi connectivity index (χ3v) is 6.71.